The summed E-state index contributed by atoms with van der Waals surface area (Å²) in [6, 6.07) is 9.70. The SMILES string of the molecule is CC(C)C(=O)NCCNC(=O)C1CCN(C(=O)/C=C/c2ccccc2)CC1. The van der Waals surface area contributed by atoms with Crippen LogP contribution in [0.5, 0.6) is 0 Å². The van der Waals surface area contributed by atoms with E-state index in [-0.39, 0.29) is 29.6 Å². The quantitative estimate of drug-likeness (QED) is 0.567. The van der Waals surface area contributed by atoms with Gasteiger partial charge in [-0.3, -0.25) is 14.4 Å². The number of nitrogens with one attached hydrogen (secondary N) is 2. The summed E-state index contributed by atoms with van der Waals surface area (Å²) in [6.45, 7) is 5.69. The zero-order chi connectivity index (χ0) is 19.6. The number of likely N-dealkylation sites (tertiary alicyclic amines) is 1. The molecule has 1 heterocycles. The molecule has 1 aromatic rings. The first kappa shape index (κ1) is 20.7. The maximum absolute atomic E-state index is 12.3. The number of nitrogens with zero attached hydrogens (tertiary/aromatic N) is 1. The fourth-order valence-electron chi connectivity index (χ4n) is 2.92. The summed E-state index contributed by atoms with van der Waals surface area (Å²) in [7, 11) is 0. The third-order valence-electron chi connectivity index (χ3n) is 4.64. The Bertz CT molecular complexity index is 663. The summed E-state index contributed by atoms with van der Waals surface area (Å²) in [5, 5.41) is 5.64. The van der Waals surface area contributed by atoms with E-state index in [1.165, 1.54) is 0 Å². The number of carbonyl (C=O) groups excluding carboxylic acids is 3. The molecule has 1 aliphatic heterocycles. The van der Waals surface area contributed by atoms with Crippen molar-refractivity contribution < 1.29 is 14.4 Å². The van der Waals surface area contributed by atoms with Crippen LogP contribution in [0.25, 0.3) is 6.08 Å². The van der Waals surface area contributed by atoms with Gasteiger partial charge in [0, 0.05) is 44.1 Å². The molecule has 0 bridgehead atoms. The fraction of sp³-hybridized carbons (Fsp3) is 0.476. The number of carbonyl (C=O) groups is 3. The average Bonchev–Trinajstić information content (AvgIpc) is 2.69. The Balaban J connectivity index is 1.68. The van der Waals surface area contributed by atoms with E-state index in [1.54, 1.807) is 11.0 Å². The van der Waals surface area contributed by atoms with Crippen LogP contribution in [-0.4, -0.2) is 48.8 Å². The first-order valence-electron chi connectivity index (χ1n) is 9.55. The molecule has 27 heavy (non-hydrogen) atoms. The predicted octanol–water partition coefficient (Wildman–Crippen LogP) is 1.83. The highest BCUT2D eigenvalue weighted by Crippen LogP contribution is 2.17. The maximum atomic E-state index is 12.3. The largest absolute Gasteiger partial charge is 0.354 e. The minimum absolute atomic E-state index is 0.000669. The number of rotatable bonds is 7. The van der Waals surface area contributed by atoms with E-state index in [2.05, 4.69) is 10.6 Å². The lowest BCUT2D eigenvalue weighted by molar-refractivity contribution is -0.132. The number of hydrogen-bond donors (Lipinski definition) is 2. The van der Waals surface area contributed by atoms with Gasteiger partial charge in [0.2, 0.25) is 17.7 Å². The molecule has 0 atom stereocenters. The molecule has 6 nitrogen and oxygen atoms in total. The molecule has 1 aromatic carbocycles. The minimum Gasteiger partial charge on any atom is -0.354 e. The number of piperidine rings is 1. The molecule has 2 rings (SSSR count). The van der Waals surface area contributed by atoms with Crippen molar-refractivity contribution in [2.45, 2.75) is 26.7 Å². The second-order valence-electron chi connectivity index (χ2n) is 7.08. The van der Waals surface area contributed by atoms with E-state index in [4.69, 9.17) is 0 Å². The van der Waals surface area contributed by atoms with Crippen LogP contribution in [0.2, 0.25) is 0 Å². The fourth-order valence-corrected chi connectivity index (χ4v) is 2.92. The molecule has 1 saturated heterocycles. The van der Waals surface area contributed by atoms with E-state index in [1.807, 2.05) is 50.3 Å². The van der Waals surface area contributed by atoms with Gasteiger partial charge < -0.3 is 15.5 Å². The third kappa shape index (κ3) is 6.89. The smallest absolute Gasteiger partial charge is 0.246 e. The molecule has 146 valence electrons. The van der Waals surface area contributed by atoms with Crippen molar-refractivity contribution in [3.05, 3.63) is 42.0 Å². The van der Waals surface area contributed by atoms with E-state index >= 15 is 0 Å². The molecule has 0 saturated carbocycles. The van der Waals surface area contributed by atoms with Gasteiger partial charge in [-0.25, -0.2) is 0 Å². The van der Waals surface area contributed by atoms with Crippen LogP contribution in [0.1, 0.15) is 32.3 Å². The van der Waals surface area contributed by atoms with Crippen molar-refractivity contribution in [2.75, 3.05) is 26.2 Å². The molecule has 0 unspecified atom stereocenters. The van der Waals surface area contributed by atoms with Crippen molar-refractivity contribution in [3.8, 4) is 0 Å². The first-order chi connectivity index (χ1) is 13.0. The van der Waals surface area contributed by atoms with Crippen molar-refractivity contribution in [3.63, 3.8) is 0 Å². The van der Waals surface area contributed by atoms with Crippen LogP contribution in [0.15, 0.2) is 36.4 Å². The molecule has 3 amide bonds. The van der Waals surface area contributed by atoms with Crippen molar-refractivity contribution in [2.24, 2.45) is 11.8 Å². The van der Waals surface area contributed by atoms with Gasteiger partial charge in [0.05, 0.1) is 0 Å². The summed E-state index contributed by atoms with van der Waals surface area (Å²) in [5.41, 5.74) is 0.990. The summed E-state index contributed by atoms with van der Waals surface area (Å²) in [4.78, 5) is 37.7. The predicted molar refractivity (Wildman–Crippen MR) is 106 cm³/mol. The second kappa shape index (κ2) is 10.5. The lowest BCUT2D eigenvalue weighted by atomic mass is 9.96. The highest BCUT2D eigenvalue weighted by Gasteiger charge is 2.26. The molecule has 0 spiro atoms. The molecule has 0 radical (unpaired) electrons. The van der Waals surface area contributed by atoms with Crippen LogP contribution in [0, 0.1) is 11.8 Å². The molecule has 6 heteroatoms. The van der Waals surface area contributed by atoms with Gasteiger partial charge >= 0.3 is 0 Å². The van der Waals surface area contributed by atoms with Gasteiger partial charge in [0.15, 0.2) is 0 Å². The van der Waals surface area contributed by atoms with Gasteiger partial charge in [-0.2, -0.15) is 0 Å². The Morgan fingerprint density at radius 1 is 1.07 bits per heavy atom. The Morgan fingerprint density at radius 3 is 2.33 bits per heavy atom. The summed E-state index contributed by atoms with van der Waals surface area (Å²) >= 11 is 0. The molecule has 2 N–H and O–H groups in total. The van der Waals surface area contributed by atoms with Crippen LogP contribution in [-0.2, 0) is 14.4 Å². The summed E-state index contributed by atoms with van der Waals surface area (Å²) in [5.74, 6) is -0.166. The topological polar surface area (TPSA) is 78.5 Å². The Kier molecular flexibility index (Phi) is 8.04. The third-order valence-corrected chi connectivity index (χ3v) is 4.64. The second-order valence-corrected chi connectivity index (χ2v) is 7.08. The van der Waals surface area contributed by atoms with Gasteiger partial charge in [-0.15, -0.1) is 0 Å². The average molecular weight is 371 g/mol. The highest BCUT2D eigenvalue weighted by atomic mass is 16.2. The first-order valence-corrected chi connectivity index (χ1v) is 9.55. The normalized spacial score (nSPS) is 15.1. The molecule has 0 aliphatic carbocycles. The molecule has 0 aromatic heterocycles. The van der Waals surface area contributed by atoms with Gasteiger partial charge in [0.1, 0.15) is 0 Å². The Hall–Kier alpha value is -2.63. The summed E-state index contributed by atoms with van der Waals surface area (Å²) < 4.78 is 0. The van der Waals surface area contributed by atoms with E-state index in [9.17, 15) is 14.4 Å². The van der Waals surface area contributed by atoms with Crippen LogP contribution < -0.4 is 10.6 Å². The molecular formula is C21H29N3O3. The van der Waals surface area contributed by atoms with Crippen LogP contribution in [0.3, 0.4) is 0 Å². The van der Waals surface area contributed by atoms with Gasteiger partial charge in [-0.05, 0) is 24.5 Å². The van der Waals surface area contributed by atoms with Gasteiger partial charge in [0.25, 0.3) is 0 Å². The Labute approximate surface area is 161 Å². The standard InChI is InChI=1S/C21H29N3O3/c1-16(2)20(26)22-12-13-23-21(27)18-10-14-24(15-11-18)19(25)9-8-17-6-4-3-5-7-17/h3-9,16,18H,10-15H2,1-2H3,(H,22,26)(H,23,27)/b9-8+. The van der Waals surface area contributed by atoms with E-state index < -0.39 is 0 Å². The van der Waals surface area contributed by atoms with Gasteiger partial charge in [-0.1, -0.05) is 44.2 Å². The zero-order valence-electron chi connectivity index (χ0n) is 16.1. The lowest BCUT2D eigenvalue weighted by Crippen LogP contribution is -2.44. The minimum atomic E-state index is -0.0760. The van der Waals surface area contributed by atoms with E-state index in [0.717, 1.165) is 5.56 Å². The van der Waals surface area contributed by atoms with E-state index in [0.29, 0.717) is 39.0 Å². The maximum Gasteiger partial charge on any atom is 0.246 e. The number of amides is 3. The Morgan fingerprint density at radius 2 is 1.70 bits per heavy atom. The zero-order valence-corrected chi connectivity index (χ0v) is 16.1. The van der Waals surface area contributed by atoms with Crippen molar-refractivity contribution in [1.29, 1.82) is 0 Å². The van der Waals surface area contributed by atoms with Crippen molar-refractivity contribution >= 4 is 23.8 Å². The van der Waals surface area contributed by atoms with Crippen molar-refractivity contribution in [1.82, 2.24) is 15.5 Å². The molecule has 1 aliphatic rings. The molecule has 1 fully saturated rings. The number of hydrogen-bond acceptors (Lipinski definition) is 3. The monoisotopic (exact) mass is 371 g/mol. The van der Waals surface area contributed by atoms with Crippen LogP contribution in [0.4, 0.5) is 0 Å². The lowest BCUT2D eigenvalue weighted by Gasteiger charge is -2.30. The summed E-state index contributed by atoms with van der Waals surface area (Å²) in [6.07, 6.45) is 4.73. The number of benzene rings is 1. The highest BCUT2D eigenvalue weighted by molar-refractivity contribution is 5.92. The molecular weight excluding hydrogens is 342 g/mol. The van der Waals surface area contributed by atoms with Crippen LogP contribution >= 0.6 is 0 Å².